The number of hydrogen-bond acceptors (Lipinski definition) is 2. The number of fused-ring (bicyclic) bond motifs is 7. The van der Waals surface area contributed by atoms with E-state index in [4.69, 9.17) is 11.6 Å². The third-order valence-electron chi connectivity index (χ3n) is 4.16. The fourth-order valence-corrected chi connectivity index (χ4v) is 4.69. The Hall–Kier alpha value is -2.16. The van der Waals surface area contributed by atoms with Crippen molar-refractivity contribution in [1.82, 2.24) is 4.98 Å². The molecule has 1 nitrogen and oxygen atoms in total. The van der Waals surface area contributed by atoms with Crippen molar-refractivity contribution < 1.29 is 0 Å². The van der Waals surface area contributed by atoms with Crippen molar-refractivity contribution in [3.8, 4) is 0 Å². The maximum atomic E-state index is 6.36. The molecule has 0 spiro atoms. The van der Waals surface area contributed by atoms with Gasteiger partial charge in [0.1, 0.15) is 5.15 Å². The van der Waals surface area contributed by atoms with Crippen LogP contribution in [0.3, 0.4) is 0 Å². The Morgan fingerprint density at radius 3 is 2.32 bits per heavy atom. The molecule has 0 amide bonds. The molecular weight excluding hydrogens is 310 g/mol. The summed E-state index contributed by atoms with van der Waals surface area (Å²) in [4.78, 5) is 4.60. The molecule has 0 bridgehead atoms. The molecule has 0 aliphatic carbocycles. The van der Waals surface area contributed by atoms with Crippen molar-refractivity contribution in [1.29, 1.82) is 0 Å². The second-order valence-electron chi connectivity index (χ2n) is 5.38. The predicted octanol–water partition coefficient (Wildman–Crippen LogP) is 6.41. The molecule has 2 aromatic heterocycles. The van der Waals surface area contributed by atoms with Crippen LogP contribution in [0.2, 0.25) is 5.15 Å². The van der Waals surface area contributed by atoms with Gasteiger partial charge in [-0.05, 0) is 17.5 Å². The molecule has 0 saturated heterocycles. The summed E-state index contributed by atoms with van der Waals surface area (Å²) in [5, 5.41) is 6.57. The molecule has 2 heterocycles. The van der Waals surface area contributed by atoms with Crippen LogP contribution in [0, 0.1) is 0 Å². The van der Waals surface area contributed by atoms with Gasteiger partial charge in [0.05, 0.1) is 5.52 Å². The third kappa shape index (κ3) is 1.57. The summed E-state index contributed by atoms with van der Waals surface area (Å²) in [7, 11) is 0. The highest BCUT2D eigenvalue weighted by Gasteiger charge is 2.13. The topological polar surface area (TPSA) is 12.9 Å². The highest BCUT2D eigenvalue weighted by atomic mass is 35.5. The van der Waals surface area contributed by atoms with E-state index in [0.29, 0.717) is 5.15 Å². The Kier molecular flexibility index (Phi) is 2.49. The van der Waals surface area contributed by atoms with E-state index in [1.54, 1.807) is 0 Å². The smallest absolute Gasteiger partial charge is 0.137 e. The first-order valence-electron chi connectivity index (χ1n) is 7.11. The standard InChI is InChI=1S/C19H10ClNS/c20-19-14-7-2-1-6-12(14)17-15(21-19)10-9-13-11-5-3-4-8-16(11)22-18(13)17/h1-10H. The van der Waals surface area contributed by atoms with Gasteiger partial charge in [0.2, 0.25) is 0 Å². The quantitative estimate of drug-likeness (QED) is 0.237. The Balaban J connectivity index is 2.14. The monoisotopic (exact) mass is 319 g/mol. The number of pyridine rings is 1. The van der Waals surface area contributed by atoms with Crippen molar-refractivity contribution in [2.75, 3.05) is 0 Å². The molecule has 0 saturated carbocycles. The number of aromatic nitrogens is 1. The summed E-state index contributed by atoms with van der Waals surface area (Å²) in [6, 6.07) is 21.0. The molecule has 5 rings (SSSR count). The van der Waals surface area contributed by atoms with Crippen LogP contribution in [-0.4, -0.2) is 4.98 Å². The van der Waals surface area contributed by atoms with Crippen LogP contribution in [0.1, 0.15) is 0 Å². The minimum absolute atomic E-state index is 0.573. The maximum absolute atomic E-state index is 6.36. The Morgan fingerprint density at radius 2 is 1.45 bits per heavy atom. The zero-order valence-electron chi connectivity index (χ0n) is 11.5. The number of rotatable bonds is 0. The van der Waals surface area contributed by atoms with Gasteiger partial charge in [-0.25, -0.2) is 4.98 Å². The first-order chi connectivity index (χ1) is 10.8. The molecule has 0 atom stereocenters. The Labute approximate surface area is 135 Å². The lowest BCUT2D eigenvalue weighted by molar-refractivity contribution is 1.45. The SMILES string of the molecule is Clc1nc2ccc3c4ccccc4sc3c2c2ccccc12. The summed E-state index contributed by atoms with van der Waals surface area (Å²) >= 11 is 8.19. The third-order valence-corrected chi connectivity index (χ3v) is 5.65. The van der Waals surface area contributed by atoms with E-state index >= 15 is 0 Å². The normalized spacial score (nSPS) is 11.9. The zero-order valence-corrected chi connectivity index (χ0v) is 13.1. The van der Waals surface area contributed by atoms with Crippen LogP contribution in [0.5, 0.6) is 0 Å². The molecule has 0 unspecified atom stereocenters. The summed E-state index contributed by atoms with van der Waals surface area (Å²) in [5.74, 6) is 0. The van der Waals surface area contributed by atoms with Gasteiger partial charge in [0, 0.05) is 30.9 Å². The van der Waals surface area contributed by atoms with E-state index in [1.165, 1.54) is 30.9 Å². The lowest BCUT2D eigenvalue weighted by Crippen LogP contribution is -1.84. The minimum atomic E-state index is 0.573. The molecular formula is C19H10ClNS. The molecule has 104 valence electrons. The average Bonchev–Trinajstić information content (AvgIpc) is 2.93. The predicted molar refractivity (Wildman–Crippen MR) is 97.1 cm³/mol. The molecule has 0 N–H and O–H groups in total. The number of thiophene rings is 1. The van der Waals surface area contributed by atoms with Gasteiger partial charge < -0.3 is 0 Å². The summed E-state index contributed by atoms with van der Waals surface area (Å²) in [6.07, 6.45) is 0. The lowest BCUT2D eigenvalue weighted by Gasteiger charge is -2.06. The highest BCUT2D eigenvalue weighted by molar-refractivity contribution is 7.26. The first kappa shape index (κ1) is 12.4. The van der Waals surface area contributed by atoms with Crippen molar-refractivity contribution in [3.05, 3.63) is 65.8 Å². The number of nitrogens with zero attached hydrogens (tertiary/aromatic N) is 1. The second kappa shape index (κ2) is 4.42. The van der Waals surface area contributed by atoms with Crippen LogP contribution >= 0.6 is 22.9 Å². The molecule has 5 aromatic rings. The van der Waals surface area contributed by atoms with Crippen molar-refractivity contribution in [3.63, 3.8) is 0 Å². The van der Waals surface area contributed by atoms with E-state index < -0.39 is 0 Å². The van der Waals surface area contributed by atoms with Crippen LogP contribution in [-0.2, 0) is 0 Å². The first-order valence-corrected chi connectivity index (χ1v) is 8.30. The van der Waals surface area contributed by atoms with Gasteiger partial charge in [-0.2, -0.15) is 0 Å². The maximum Gasteiger partial charge on any atom is 0.137 e. The Bertz CT molecular complexity index is 1190. The molecule has 3 aromatic carbocycles. The number of halogens is 1. The summed E-state index contributed by atoms with van der Waals surface area (Å²) in [5.41, 5.74) is 0.961. The van der Waals surface area contributed by atoms with Gasteiger partial charge in [-0.3, -0.25) is 0 Å². The fourth-order valence-electron chi connectivity index (χ4n) is 3.18. The second-order valence-corrected chi connectivity index (χ2v) is 6.79. The van der Waals surface area contributed by atoms with Crippen molar-refractivity contribution >= 4 is 64.8 Å². The summed E-state index contributed by atoms with van der Waals surface area (Å²) in [6.45, 7) is 0. The van der Waals surface area contributed by atoms with E-state index in [2.05, 4.69) is 53.5 Å². The molecule has 0 aliphatic rings. The lowest BCUT2D eigenvalue weighted by atomic mass is 10.0. The van der Waals surface area contributed by atoms with E-state index in [-0.39, 0.29) is 0 Å². The van der Waals surface area contributed by atoms with Gasteiger partial charge in [-0.15, -0.1) is 11.3 Å². The summed E-state index contributed by atoms with van der Waals surface area (Å²) < 4.78 is 2.60. The van der Waals surface area contributed by atoms with Gasteiger partial charge in [0.15, 0.2) is 0 Å². The molecule has 3 heteroatoms. The van der Waals surface area contributed by atoms with Gasteiger partial charge >= 0.3 is 0 Å². The van der Waals surface area contributed by atoms with Crippen molar-refractivity contribution in [2.45, 2.75) is 0 Å². The van der Waals surface area contributed by atoms with Crippen LogP contribution in [0.4, 0.5) is 0 Å². The largest absolute Gasteiger partial charge is 0.235 e. The van der Waals surface area contributed by atoms with E-state index in [0.717, 1.165) is 10.9 Å². The van der Waals surface area contributed by atoms with Gasteiger partial charge in [-0.1, -0.05) is 60.1 Å². The molecule has 22 heavy (non-hydrogen) atoms. The van der Waals surface area contributed by atoms with E-state index in [1.807, 2.05) is 23.5 Å². The average molecular weight is 320 g/mol. The van der Waals surface area contributed by atoms with Crippen LogP contribution < -0.4 is 0 Å². The molecule has 0 fully saturated rings. The van der Waals surface area contributed by atoms with Gasteiger partial charge in [0.25, 0.3) is 0 Å². The van der Waals surface area contributed by atoms with Crippen LogP contribution in [0.15, 0.2) is 60.7 Å². The molecule has 0 radical (unpaired) electrons. The highest BCUT2D eigenvalue weighted by Crippen LogP contribution is 2.41. The van der Waals surface area contributed by atoms with E-state index in [9.17, 15) is 0 Å². The van der Waals surface area contributed by atoms with Crippen LogP contribution in [0.25, 0.3) is 41.8 Å². The van der Waals surface area contributed by atoms with Crippen molar-refractivity contribution in [2.24, 2.45) is 0 Å². The number of hydrogen-bond donors (Lipinski definition) is 0. The zero-order chi connectivity index (χ0) is 14.7. The minimum Gasteiger partial charge on any atom is -0.235 e. The number of benzene rings is 3. The fraction of sp³-hybridized carbons (Fsp3) is 0. The molecule has 0 aliphatic heterocycles. The Morgan fingerprint density at radius 1 is 0.727 bits per heavy atom.